The van der Waals surface area contributed by atoms with E-state index in [9.17, 15) is 0 Å². The normalized spacial score (nSPS) is 18.6. The lowest BCUT2D eigenvalue weighted by atomic mass is 10.2. The Morgan fingerprint density at radius 1 is 1.67 bits per heavy atom. The molecule has 0 aromatic rings. The van der Waals surface area contributed by atoms with Crippen molar-refractivity contribution in [3.63, 3.8) is 0 Å². The quantitative estimate of drug-likeness (QED) is 0.569. The van der Waals surface area contributed by atoms with Gasteiger partial charge < -0.3 is 15.9 Å². The second-order valence-electron chi connectivity index (χ2n) is 3.00. The zero-order valence-electron chi connectivity index (χ0n) is 7.76. The number of hydrogen-bond acceptors (Lipinski definition) is 4. The van der Waals surface area contributed by atoms with Crippen molar-refractivity contribution in [3.8, 4) is 0 Å². The topological polar surface area (TPSA) is 50.5 Å². The highest BCUT2D eigenvalue weighted by Crippen LogP contribution is 2.15. The highest BCUT2D eigenvalue weighted by Gasteiger charge is 2.16. The molecule has 0 saturated carbocycles. The SMILES string of the molecule is CC1=C(CNCCN)CN(C)O1. The second kappa shape index (κ2) is 4.45. The van der Waals surface area contributed by atoms with Crippen molar-refractivity contribution >= 4 is 0 Å². The van der Waals surface area contributed by atoms with Gasteiger partial charge in [0, 0.05) is 32.3 Å². The molecule has 4 nitrogen and oxygen atoms in total. The predicted molar refractivity (Wildman–Crippen MR) is 48.3 cm³/mol. The van der Waals surface area contributed by atoms with Crippen LogP contribution in [-0.2, 0) is 4.84 Å². The molecular formula is C8H17N3O. The summed E-state index contributed by atoms with van der Waals surface area (Å²) in [4.78, 5) is 5.35. The van der Waals surface area contributed by atoms with Gasteiger partial charge in [0.25, 0.3) is 0 Å². The van der Waals surface area contributed by atoms with Gasteiger partial charge in [0.2, 0.25) is 0 Å². The molecule has 12 heavy (non-hydrogen) atoms. The first-order valence-corrected chi connectivity index (χ1v) is 4.22. The van der Waals surface area contributed by atoms with Crippen LogP contribution in [0.25, 0.3) is 0 Å². The van der Waals surface area contributed by atoms with Gasteiger partial charge in [0.05, 0.1) is 6.54 Å². The molecule has 0 aliphatic carbocycles. The highest BCUT2D eigenvalue weighted by atomic mass is 16.7. The lowest BCUT2D eigenvalue weighted by molar-refractivity contribution is -0.0657. The van der Waals surface area contributed by atoms with E-state index in [1.807, 2.05) is 19.0 Å². The molecule has 1 rings (SSSR count). The largest absolute Gasteiger partial charge is 0.411 e. The lowest BCUT2D eigenvalue weighted by Crippen LogP contribution is -2.26. The fourth-order valence-corrected chi connectivity index (χ4v) is 1.23. The fourth-order valence-electron chi connectivity index (χ4n) is 1.23. The van der Waals surface area contributed by atoms with Crippen molar-refractivity contribution in [2.75, 3.05) is 33.2 Å². The molecule has 4 heteroatoms. The molecule has 1 aliphatic heterocycles. The van der Waals surface area contributed by atoms with Crippen LogP contribution in [0.2, 0.25) is 0 Å². The van der Waals surface area contributed by atoms with Gasteiger partial charge in [-0.25, -0.2) is 0 Å². The van der Waals surface area contributed by atoms with Crippen LogP contribution in [-0.4, -0.2) is 38.3 Å². The highest BCUT2D eigenvalue weighted by molar-refractivity contribution is 5.13. The molecule has 70 valence electrons. The van der Waals surface area contributed by atoms with E-state index >= 15 is 0 Å². The van der Waals surface area contributed by atoms with Crippen LogP contribution in [0.4, 0.5) is 0 Å². The van der Waals surface area contributed by atoms with E-state index in [4.69, 9.17) is 10.6 Å². The smallest absolute Gasteiger partial charge is 0.123 e. The van der Waals surface area contributed by atoms with Crippen LogP contribution in [0.3, 0.4) is 0 Å². The van der Waals surface area contributed by atoms with Gasteiger partial charge in [0.1, 0.15) is 5.76 Å². The number of allylic oxidation sites excluding steroid dienone is 1. The van der Waals surface area contributed by atoms with Crippen LogP contribution < -0.4 is 11.1 Å². The van der Waals surface area contributed by atoms with Gasteiger partial charge in [-0.1, -0.05) is 0 Å². The summed E-state index contributed by atoms with van der Waals surface area (Å²) in [6.45, 7) is 5.31. The van der Waals surface area contributed by atoms with Crippen LogP contribution in [0.5, 0.6) is 0 Å². The van der Waals surface area contributed by atoms with Crippen molar-refractivity contribution in [1.29, 1.82) is 0 Å². The average Bonchev–Trinajstić information content (AvgIpc) is 2.31. The van der Waals surface area contributed by atoms with E-state index in [-0.39, 0.29) is 0 Å². The molecule has 0 aromatic heterocycles. The summed E-state index contributed by atoms with van der Waals surface area (Å²) in [6, 6.07) is 0. The van der Waals surface area contributed by atoms with E-state index in [2.05, 4.69) is 5.32 Å². The Balaban J connectivity index is 2.27. The van der Waals surface area contributed by atoms with Crippen molar-refractivity contribution in [2.45, 2.75) is 6.92 Å². The van der Waals surface area contributed by atoms with Crippen molar-refractivity contribution in [1.82, 2.24) is 10.4 Å². The first-order valence-electron chi connectivity index (χ1n) is 4.22. The third-order valence-electron chi connectivity index (χ3n) is 1.86. The third kappa shape index (κ3) is 2.48. The number of hydrogen-bond donors (Lipinski definition) is 2. The zero-order valence-corrected chi connectivity index (χ0v) is 7.76. The zero-order chi connectivity index (χ0) is 8.97. The third-order valence-corrected chi connectivity index (χ3v) is 1.86. The lowest BCUT2D eigenvalue weighted by Gasteiger charge is -2.06. The molecule has 1 aliphatic rings. The molecule has 1 heterocycles. The van der Waals surface area contributed by atoms with Gasteiger partial charge in [-0.15, -0.1) is 5.06 Å². The first-order chi connectivity index (χ1) is 5.74. The molecule has 3 N–H and O–H groups in total. The Bertz CT molecular complexity index is 179. The maximum atomic E-state index is 5.35. The van der Waals surface area contributed by atoms with E-state index in [0.29, 0.717) is 6.54 Å². The van der Waals surface area contributed by atoms with Gasteiger partial charge in [-0.05, 0) is 6.92 Å². The maximum Gasteiger partial charge on any atom is 0.123 e. The monoisotopic (exact) mass is 171 g/mol. The molecule has 0 amide bonds. The van der Waals surface area contributed by atoms with Crippen LogP contribution >= 0.6 is 0 Å². The van der Waals surface area contributed by atoms with Crippen molar-refractivity contribution in [2.24, 2.45) is 5.73 Å². The molecule has 0 atom stereocenters. The summed E-state index contributed by atoms with van der Waals surface area (Å²) in [5.74, 6) is 1.02. The van der Waals surface area contributed by atoms with E-state index < -0.39 is 0 Å². The molecule has 0 unspecified atom stereocenters. The standard InChI is InChI=1S/C8H17N3O/c1-7-8(5-10-4-3-9)6-11(2)12-7/h10H,3-6,9H2,1-2H3. The number of rotatable bonds is 4. The molecule has 0 aromatic carbocycles. The molecule has 0 radical (unpaired) electrons. The summed E-state index contributed by atoms with van der Waals surface area (Å²) in [6.07, 6.45) is 0. The molecule has 0 bridgehead atoms. The second-order valence-corrected chi connectivity index (χ2v) is 3.00. The molecule has 0 fully saturated rings. The number of nitrogens with one attached hydrogen (secondary N) is 1. The van der Waals surface area contributed by atoms with Crippen LogP contribution in [0.1, 0.15) is 6.92 Å². The van der Waals surface area contributed by atoms with Gasteiger partial charge in [-0.2, -0.15) is 0 Å². The van der Waals surface area contributed by atoms with Gasteiger partial charge in [-0.3, -0.25) is 0 Å². The van der Waals surface area contributed by atoms with Crippen LogP contribution in [0.15, 0.2) is 11.3 Å². The van der Waals surface area contributed by atoms with Gasteiger partial charge >= 0.3 is 0 Å². The number of hydroxylamine groups is 2. The maximum absolute atomic E-state index is 5.35. The van der Waals surface area contributed by atoms with Crippen molar-refractivity contribution in [3.05, 3.63) is 11.3 Å². The van der Waals surface area contributed by atoms with Gasteiger partial charge in [0.15, 0.2) is 0 Å². The first kappa shape index (κ1) is 9.51. The Kier molecular flexibility index (Phi) is 3.52. The minimum Gasteiger partial charge on any atom is -0.411 e. The minimum atomic E-state index is 0.684. The fraction of sp³-hybridized carbons (Fsp3) is 0.750. The Hall–Kier alpha value is -0.580. The molecular weight excluding hydrogens is 154 g/mol. The van der Waals surface area contributed by atoms with E-state index in [1.165, 1.54) is 5.57 Å². The van der Waals surface area contributed by atoms with Crippen LogP contribution in [0, 0.1) is 0 Å². The van der Waals surface area contributed by atoms with E-state index in [0.717, 1.165) is 25.4 Å². The predicted octanol–water partition coefficient (Wildman–Crippen LogP) is -0.314. The number of nitrogens with zero attached hydrogens (tertiary/aromatic N) is 1. The summed E-state index contributed by atoms with van der Waals surface area (Å²) < 4.78 is 0. The van der Waals surface area contributed by atoms with Crippen molar-refractivity contribution < 1.29 is 4.84 Å². The number of nitrogens with two attached hydrogens (primary N) is 1. The average molecular weight is 171 g/mol. The minimum absolute atomic E-state index is 0.684. The Morgan fingerprint density at radius 2 is 2.42 bits per heavy atom. The number of likely N-dealkylation sites (N-methyl/N-ethyl adjacent to an activating group) is 1. The summed E-state index contributed by atoms with van der Waals surface area (Å²) in [5.41, 5.74) is 6.67. The summed E-state index contributed by atoms with van der Waals surface area (Å²) in [5, 5.41) is 5.07. The van der Waals surface area contributed by atoms with E-state index in [1.54, 1.807) is 0 Å². The summed E-state index contributed by atoms with van der Waals surface area (Å²) >= 11 is 0. The Labute approximate surface area is 73.3 Å². The molecule has 0 spiro atoms. The Morgan fingerprint density at radius 3 is 2.92 bits per heavy atom. The molecule has 0 saturated heterocycles. The summed E-state index contributed by atoms with van der Waals surface area (Å²) in [7, 11) is 1.93.